The Hall–Kier alpha value is -0.0462. The fourth-order valence-electron chi connectivity index (χ4n) is 0.840. The van der Waals surface area contributed by atoms with Gasteiger partial charge in [-0.2, -0.15) is 0 Å². The second-order valence-corrected chi connectivity index (χ2v) is 15.8. The lowest BCUT2D eigenvalue weighted by Gasteiger charge is -2.22. The van der Waals surface area contributed by atoms with Gasteiger partial charge in [0.1, 0.15) is 8.07 Å². The number of aliphatic hydroxyl groups excluding tert-OH is 1. The lowest BCUT2D eigenvalue weighted by molar-refractivity contribution is 0.302. The monoisotopic (exact) mass is 214 g/mol. The molecular weight excluding hydrogens is 192 g/mol. The van der Waals surface area contributed by atoms with E-state index in [0.717, 1.165) is 0 Å². The van der Waals surface area contributed by atoms with E-state index in [-0.39, 0.29) is 12.1 Å². The van der Waals surface area contributed by atoms with Gasteiger partial charge in [-0.1, -0.05) is 39.3 Å². The van der Waals surface area contributed by atoms with Gasteiger partial charge in [-0.3, -0.25) is 0 Å². The standard InChI is InChI=1S/C10H22OSi2/c1-12(2,3)8-7-10(9-11)13(4,5)6/h10-11H,9H2,1-6H3. The third kappa shape index (κ3) is 6.08. The van der Waals surface area contributed by atoms with Crippen LogP contribution < -0.4 is 0 Å². The summed E-state index contributed by atoms with van der Waals surface area (Å²) in [6, 6.07) is 0. The average Bonchev–Trinajstić information content (AvgIpc) is 1.82. The molecule has 1 unspecified atom stereocenters. The van der Waals surface area contributed by atoms with Gasteiger partial charge in [-0.05, 0) is 0 Å². The Morgan fingerprint density at radius 1 is 1.08 bits per heavy atom. The van der Waals surface area contributed by atoms with E-state index >= 15 is 0 Å². The fourth-order valence-corrected chi connectivity index (χ4v) is 2.64. The first-order valence-corrected chi connectivity index (χ1v) is 11.9. The van der Waals surface area contributed by atoms with E-state index in [4.69, 9.17) is 0 Å². The van der Waals surface area contributed by atoms with Crippen LogP contribution in [0.5, 0.6) is 0 Å². The Balaban J connectivity index is 4.53. The Bertz CT molecular complexity index is 212. The van der Waals surface area contributed by atoms with Gasteiger partial charge in [0.2, 0.25) is 0 Å². The van der Waals surface area contributed by atoms with Gasteiger partial charge >= 0.3 is 0 Å². The van der Waals surface area contributed by atoms with Gasteiger partial charge in [0.05, 0.1) is 14.7 Å². The Morgan fingerprint density at radius 3 is 1.77 bits per heavy atom. The molecule has 13 heavy (non-hydrogen) atoms. The first-order chi connectivity index (χ1) is 5.67. The maximum atomic E-state index is 9.21. The van der Waals surface area contributed by atoms with Crippen LogP contribution in [0.2, 0.25) is 44.8 Å². The van der Waals surface area contributed by atoms with Gasteiger partial charge in [0, 0.05) is 5.54 Å². The molecule has 1 atom stereocenters. The van der Waals surface area contributed by atoms with Gasteiger partial charge in [0.25, 0.3) is 0 Å². The molecule has 3 heteroatoms. The molecule has 0 aliphatic carbocycles. The minimum Gasteiger partial charge on any atom is -0.395 e. The van der Waals surface area contributed by atoms with Crippen molar-refractivity contribution in [3.8, 4) is 11.5 Å². The highest BCUT2D eigenvalue weighted by molar-refractivity contribution is 6.84. The summed E-state index contributed by atoms with van der Waals surface area (Å²) in [5.74, 6) is 3.27. The Labute approximate surface area is 84.6 Å². The SMILES string of the molecule is C[Si](C)(C)C#CC(CO)[Si](C)(C)C. The van der Waals surface area contributed by atoms with Crippen molar-refractivity contribution in [3.63, 3.8) is 0 Å². The highest BCUT2D eigenvalue weighted by Crippen LogP contribution is 2.20. The van der Waals surface area contributed by atoms with Crippen LogP contribution in [0.4, 0.5) is 0 Å². The van der Waals surface area contributed by atoms with Crippen molar-refractivity contribution in [1.82, 2.24) is 0 Å². The summed E-state index contributed by atoms with van der Waals surface area (Å²) < 4.78 is 0. The van der Waals surface area contributed by atoms with Gasteiger partial charge in [-0.15, -0.1) is 11.5 Å². The van der Waals surface area contributed by atoms with Crippen molar-refractivity contribution >= 4 is 16.1 Å². The third-order valence-corrected chi connectivity index (χ3v) is 5.16. The lowest BCUT2D eigenvalue weighted by atomic mass is 10.5. The van der Waals surface area contributed by atoms with Crippen LogP contribution in [-0.4, -0.2) is 27.9 Å². The van der Waals surface area contributed by atoms with Crippen LogP contribution >= 0.6 is 0 Å². The number of hydrogen-bond donors (Lipinski definition) is 1. The van der Waals surface area contributed by atoms with E-state index in [1.807, 2.05) is 0 Å². The van der Waals surface area contributed by atoms with Gasteiger partial charge in [-0.25, -0.2) is 0 Å². The summed E-state index contributed by atoms with van der Waals surface area (Å²) >= 11 is 0. The molecule has 0 aromatic heterocycles. The summed E-state index contributed by atoms with van der Waals surface area (Å²) in [7, 11) is -2.55. The summed E-state index contributed by atoms with van der Waals surface area (Å²) in [6.45, 7) is 13.7. The predicted molar refractivity (Wildman–Crippen MR) is 65.3 cm³/mol. The largest absolute Gasteiger partial charge is 0.395 e. The molecule has 1 nitrogen and oxygen atoms in total. The molecule has 0 fully saturated rings. The van der Waals surface area contributed by atoms with Crippen LogP contribution in [-0.2, 0) is 0 Å². The van der Waals surface area contributed by atoms with Crippen molar-refractivity contribution in [2.45, 2.75) is 44.8 Å². The molecule has 0 amide bonds. The Kier molecular flexibility index (Phi) is 4.43. The molecule has 0 aromatic rings. The fraction of sp³-hybridized carbons (Fsp3) is 0.800. The zero-order chi connectivity index (χ0) is 10.7. The molecule has 0 aliphatic rings. The van der Waals surface area contributed by atoms with E-state index in [9.17, 15) is 5.11 Å². The van der Waals surface area contributed by atoms with E-state index in [1.165, 1.54) is 0 Å². The van der Waals surface area contributed by atoms with Crippen molar-refractivity contribution in [2.24, 2.45) is 0 Å². The molecule has 76 valence electrons. The minimum atomic E-state index is -1.29. The Morgan fingerprint density at radius 2 is 1.54 bits per heavy atom. The number of aliphatic hydroxyl groups is 1. The summed E-state index contributed by atoms with van der Waals surface area (Å²) in [5, 5.41) is 9.21. The highest BCUT2D eigenvalue weighted by Gasteiger charge is 2.24. The maximum Gasteiger partial charge on any atom is 0.129 e. The maximum absolute atomic E-state index is 9.21. The molecule has 0 heterocycles. The molecule has 0 spiro atoms. The average molecular weight is 214 g/mol. The van der Waals surface area contributed by atoms with E-state index in [1.54, 1.807) is 0 Å². The minimum absolute atomic E-state index is 0.229. The molecule has 0 radical (unpaired) electrons. The van der Waals surface area contributed by atoms with Crippen LogP contribution in [0.3, 0.4) is 0 Å². The molecule has 0 saturated carbocycles. The lowest BCUT2D eigenvalue weighted by Crippen LogP contribution is -2.30. The molecule has 0 aliphatic heterocycles. The predicted octanol–water partition coefficient (Wildman–Crippen LogP) is 2.57. The summed E-state index contributed by atoms with van der Waals surface area (Å²) in [4.78, 5) is 0. The van der Waals surface area contributed by atoms with Crippen LogP contribution in [0, 0.1) is 11.5 Å². The number of rotatable bonds is 2. The second kappa shape index (κ2) is 4.45. The normalized spacial score (nSPS) is 14.7. The molecule has 0 rings (SSSR count). The van der Waals surface area contributed by atoms with Gasteiger partial charge < -0.3 is 5.11 Å². The topological polar surface area (TPSA) is 20.2 Å². The van der Waals surface area contributed by atoms with Crippen molar-refractivity contribution in [2.75, 3.05) is 6.61 Å². The molecule has 1 N–H and O–H groups in total. The summed E-state index contributed by atoms with van der Waals surface area (Å²) in [5.41, 5.74) is 3.59. The second-order valence-electron chi connectivity index (χ2n) is 5.62. The van der Waals surface area contributed by atoms with Gasteiger partial charge in [0.15, 0.2) is 0 Å². The number of hydrogen-bond acceptors (Lipinski definition) is 1. The van der Waals surface area contributed by atoms with Crippen molar-refractivity contribution in [3.05, 3.63) is 0 Å². The van der Waals surface area contributed by atoms with Crippen LogP contribution in [0.25, 0.3) is 0 Å². The first kappa shape index (κ1) is 13.0. The van der Waals surface area contributed by atoms with E-state index in [0.29, 0.717) is 0 Å². The molecule has 0 bridgehead atoms. The van der Waals surface area contributed by atoms with Crippen LogP contribution in [0.15, 0.2) is 0 Å². The van der Waals surface area contributed by atoms with Crippen molar-refractivity contribution in [1.29, 1.82) is 0 Å². The van der Waals surface area contributed by atoms with Crippen molar-refractivity contribution < 1.29 is 5.11 Å². The zero-order valence-electron chi connectivity index (χ0n) is 9.73. The molecule has 0 aromatic carbocycles. The zero-order valence-corrected chi connectivity index (χ0v) is 11.7. The highest BCUT2D eigenvalue weighted by atomic mass is 28.3. The molecule has 0 saturated heterocycles. The smallest absolute Gasteiger partial charge is 0.129 e. The summed E-state index contributed by atoms with van der Waals surface area (Å²) in [6.07, 6.45) is 0. The van der Waals surface area contributed by atoms with E-state index in [2.05, 4.69) is 50.7 Å². The van der Waals surface area contributed by atoms with Crippen LogP contribution in [0.1, 0.15) is 0 Å². The first-order valence-electron chi connectivity index (χ1n) is 4.80. The van der Waals surface area contributed by atoms with E-state index < -0.39 is 16.1 Å². The molecular formula is C10H22OSi2. The quantitative estimate of drug-likeness (QED) is 0.553. The third-order valence-electron chi connectivity index (χ3n) is 1.85.